The van der Waals surface area contributed by atoms with E-state index in [4.69, 9.17) is 4.74 Å². The highest BCUT2D eigenvalue weighted by Gasteiger charge is 2.54. The highest BCUT2D eigenvalue weighted by molar-refractivity contribution is 7.92. The summed E-state index contributed by atoms with van der Waals surface area (Å²) in [6.45, 7) is 3.60. The molecule has 0 aliphatic rings. The largest absolute Gasteiger partial charge is 0.463 e. The molecular weight excluding hydrogens is 451 g/mol. The second-order valence-electron chi connectivity index (χ2n) is 6.92. The van der Waals surface area contributed by atoms with Crippen molar-refractivity contribution in [2.24, 2.45) is 9.81 Å². The average molecular weight is 472 g/mol. The zero-order chi connectivity index (χ0) is 24.1. The third-order valence-corrected chi connectivity index (χ3v) is 5.43. The Morgan fingerprint density at radius 3 is 2.10 bits per heavy atom. The second-order valence-corrected chi connectivity index (χ2v) is 8.57. The van der Waals surface area contributed by atoms with Crippen molar-refractivity contribution in [3.05, 3.63) is 35.9 Å². The fourth-order valence-electron chi connectivity index (χ4n) is 1.91. The number of halogens is 5. The Bertz CT molecular complexity index is 928. The minimum atomic E-state index is -6.26. The molecule has 0 aromatic heterocycles. The molecular formula is C18H21F5N2O5S. The van der Waals surface area contributed by atoms with Crippen molar-refractivity contribution in [2.45, 2.75) is 38.6 Å². The number of hydrogen-bond acceptors (Lipinski definition) is 5. The van der Waals surface area contributed by atoms with Gasteiger partial charge in [0.05, 0.1) is 12.0 Å². The van der Waals surface area contributed by atoms with Crippen molar-refractivity contribution >= 4 is 27.6 Å². The maximum atomic E-state index is 14.1. The number of rotatable bonds is 9. The summed E-state index contributed by atoms with van der Waals surface area (Å²) in [5, 5.41) is -3.79. The minimum absolute atomic E-state index is 0.412. The fourth-order valence-corrected chi connectivity index (χ4v) is 2.78. The first kappa shape index (κ1) is 26.5. The number of hydrogen-bond donors (Lipinski definition) is 1. The maximum Gasteiger partial charge on any atom is 0.442 e. The Hall–Kier alpha value is -2.57. The predicted octanol–water partition coefficient (Wildman–Crippen LogP) is 3.06. The standard InChI is InChI=1S/C18H21F5N2O5S/c1-4-16(2,3)15(27)30-11-10-24-14(26)18(22,23)31(28,29)25-13(17(19,20)21)12-8-6-5-7-9-12/h5-9H,4,10-11H2,1-3H3,(H,24,26)/b25-13+. The number of esters is 1. The van der Waals surface area contributed by atoms with Crippen LogP contribution < -0.4 is 5.32 Å². The van der Waals surface area contributed by atoms with Gasteiger partial charge in [-0.05, 0) is 20.3 Å². The number of nitrogens with one attached hydrogen (secondary N) is 1. The third kappa shape index (κ3) is 6.71. The molecule has 1 N–H and O–H groups in total. The van der Waals surface area contributed by atoms with Gasteiger partial charge < -0.3 is 10.1 Å². The average Bonchev–Trinajstić information content (AvgIpc) is 2.68. The minimum Gasteiger partial charge on any atom is -0.463 e. The molecule has 1 aromatic rings. The zero-order valence-corrected chi connectivity index (χ0v) is 17.6. The van der Waals surface area contributed by atoms with Crippen molar-refractivity contribution in [3.8, 4) is 0 Å². The molecule has 0 fully saturated rings. The van der Waals surface area contributed by atoms with Gasteiger partial charge in [0.15, 0.2) is 5.71 Å². The lowest BCUT2D eigenvalue weighted by atomic mass is 9.91. The molecule has 0 unspecified atom stereocenters. The highest BCUT2D eigenvalue weighted by atomic mass is 32.2. The Morgan fingerprint density at radius 2 is 1.61 bits per heavy atom. The molecule has 0 bridgehead atoms. The molecule has 0 heterocycles. The number of nitrogens with zero attached hydrogens (tertiary/aromatic N) is 1. The summed E-state index contributed by atoms with van der Waals surface area (Å²) in [7, 11) is -6.26. The van der Waals surface area contributed by atoms with Crippen molar-refractivity contribution in [1.29, 1.82) is 0 Å². The van der Waals surface area contributed by atoms with Gasteiger partial charge in [0.1, 0.15) is 6.61 Å². The Labute approximate surface area is 175 Å². The van der Waals surface area contributed by atoms with Crippen LogP contribution in [0.3, 0.4) is 0 Å². The van der Waals surface area contributed by atoms with Crippen LogP contribution in [0.1, 0.15) is 32.8 Å². The van der Waals surface area contributed by atoms with Crippen LogP contribution in [0.25, 0.3) is 0 Å². The fraction of sp³-hybridized carbons (Fsp3) is 0.500. The van der Waals surface area contributed by atoms with E-state index in [1.54, 1.807) is 20.8 Å². The molecule has 13 heteroatoms. The number of carbonyl (C=O) groups excluding carboxylic acids is 2. The van der Waals surface area contributed by atoms with E-state index in [9.17, 15) is 40.0 Å². The third-order valence-electron chi connectivity index (χ3n) is 4.17. The van der Waals surface area contributed by atoms with Gasteiger partial charge in [-0.3, -0.25) is 9.59 Å². The molecule has 0 aliphatic heterocycles. The molecule has 1 rings (SSSR count). The van der Waals surface area contributed by atoms with E-state index in [2.05, 4.69) is 4.40 Å². The number of amides is 1. The number of alkyl halides is 5. The van der Waals surface area contributed by atoms with E-state index in [1.165, 1.54) is 11.4 Å². The van der Waals surface area contributed by atoms with E-state index < -0.39 is 63.2 Å². The Balaban J connectivity index is 2.98. The summed E-state index contributed by atoms with van der Waals surface area (Å²) in [6, 6.07) is 5.21. The summed E-state index contributed by atoms with van der Waals surface area (Å²) < 4.78 is 98.5. The first-order chi connectivity index (χ1) is 14.1. The van der Waals surface area contributed by atoms with Crippen LogP contribution in [0.4, 0.5) is 22.0 Å². The number of carbonyl (C=O) groups is 2. The zero-order valence-electron chi connectivity index (χ0n) is 16.8. The Morgan fingerprint density at radius 1 is 1.06 bits per heavy atom. The molecule has 0 saturated heterocycles. The van der Waals surface area contributed by atoms with Crippen LogP contribution in [-0.4, -0.2) is 50.6 Å². The highest BCUT2D eigenvalue weighted by Crippen LogP contribution is 2.29. The van der Waals surface area contributed by atoms with Gasteiger partial charge in [0.25, 0.3) is 0 Å². The van der Waals surface area contributed by atoms with Crippen molar-refractivity contribution < 1.29 is 44.7 Å². The van der Waals surface area contributed by atoms with E-state index in [-0.39, 0.29) is 0 Å². The van der Waals surface area contributed by atoms with E-state index >= 15 is 0 Å². The first-order valence-corrected chi connectivity index (χ1v) is 10.3. The van der Waals surface area contributed by atoms with Crippen LogP contribution in [0.15, 0.2) is 34.7 Å². The molecule has 0 spiro atoms. The normalized spacial score (nSPS) is 13.6. The van der Waals surface area contributed by atoms with Crippen LogP contribution in [0.2, 0.25) is 0 Å². The van der Waals surface area contributed by atoms with Gasteiger partial charge in [-0.25, -0.2) is 0 Å². The molecule has 0 radical (unpaired) electrons. The summed E-state index contributed by atoms with van der Waals surface area (Å²) in [5.74, 6) is -3.08. The molecule has 31 heavy (non-hydrogen) atoms. The van der Waals surface area contributed by atoms with Crippen molar-refractivity contribution in [2.75, 3.05) is 13.2 Å². The first-order valence-electron chi connectivity index (χ1n) is 8.86. The summed E-state index contributed by atoms with van der Waals surface area (Å²) in [6.07, 6.45) is -4.98. The lowest BCUT2D eigenvalue weighted by Crippen LogP contribution is -2.47. The summed E-state index contributed by atoms with van der Waals surface area (Å²) in [5.41, 5.74) is -3.74. The van der Waals surface area contributed by atoms with Crippen LogP contribution >= 0.6 is 0 Å². The van der Waals surface area contributed by atoms with E-state index in [0.29, 0.717) is 6.42 Å². The molecule has 1 aromatic carbocycles. The van der Waals surface area contributed by atoms with Gasteiger partial charge in [0, 0.05) is 5.56 Å². The van der Waals surface area contributed by atoms with Gasteiger partial charge in [-0.15, -0.1) is 0 Å². The Kier molecular flexibility index (Phi) is 8.29. The predicted molar refractivity (Wildman–Crippen MR) is 101 cm³/mol. The van der Waals surface area contributed by atoms with E-state index in [1.807, 2.05) is 0 Å². The SMILES string of the molecule is CCC(C)(C)C(=O)OCCNC(=O)C(F)(F)S(=O)(=O)/N=C(\c1ccccc1)C(F)(F)F. The number of sulfonamides is 1. The maximum absolute atomic E-state index is 14.1. The number of ether oxygens (including phenoxy) is 1. The molecule has 1 amide bonds. The van der Waals surface area contributed by atoms with E-state index in [0.717, 1.165) is 24.3 Å². The lowest BCUT2D eigenvalue weighted by molar-refractivity contribution is -0.154. The second kappa shape index (κ2) is 9.71. The molecule has 7 nitrogen and oxygen atoms in total. The van der Waals surface area contributed by atoms with Crippen molar-refractivity contribution in [3.63, 3.8) is 0 Å². The van der Waals surface area contributed by atoms with Crippen molar-refractivity contribution in [1.82, 2.24) is 5.32 Å². The topological polar surface area (TPSA) is 102 Å². The quantitative estimate of drug-likeness (QED) is 0.258. The molecule has 0 atom stereocenters. The number of benzene rings is 1. The molecule has 0 aliphatic carbocycles. The van der Waals surface area contributed by atoms with Gasteiger partial charge >= 0.3 is 33.3 Å². The lowest BCUT2D eigenvalue weighted by Gasteiger charge is -2.20. The smallest absolute Gasteiger partial charge is 0.442 e. The molecule has 174 valence electrons. The monoisotopic (exact) mass is 472 g/mol. The van der Waals surface area contributed by atoms with Gasteiger partial charge in [0.2, 0.25) is 0 Å². The van der Waals surface area contributed by atoms with Crippen LogP contribution in [-0.2, 0) is 24.3 Å². The summed E-state index contributed by atoms with van der Waals surface area (Å²) in [4.78, 5) is 23.4. The van der Waals surface area contributed by atoms with Crippen LogP contribution in [0.5, 0.6) is 0 Å². The van der Waals surface area contributed by atoms with Gasteiger partial charge in [-0.2, -0.15) is 34.8 Å². The molecule has 0 saturated carbocycles. The van der Waals surface area contributed by atoms with Gasteiger partial charge in [-0.1, -0.05) is 37.3 Å². The summed E-state index contributed by atoms with van der Waals surface area (Å²) >= 11 is 0. The van der Waals surface area contributed by atoms with Crippen LogP contribution in [0, 0.1) is 5.41 Å².